The highest BCUT2D eigenvalue weighted by molar-refractivity contribution is 5.88. The average molecular weight is 491 g/mol. The highest BCUT2D eigenvalue weighted by atomic mass is 19.1. The molecule has 0 heterocycles. The number of hydrogen-bond donors (Lipinski definition) is 1. The summed E-state index contributed by atoms with van der Waals surface area (Å²) in [5, 5.41) is 2.99. The van der Waals surface area contributed by atoms with Crippen molar-refractivity contribution in [2.75, 3.05) is 13.2 Å². The van der Waals surface area contributed by atoms with Gasteiger partial charge in [0.25, 0.3) is 5.91 Å². The predicted molar refractivity (Wildman–Crippen MR) is 140 cm³/mol. The molecule has 0 radical (unpaired) electrons. The first-order valence-electron chi connectivity index (χ1n) is 12.3. The summed E-state index contributed by atoms with van der Waals surface area (Å²) in [4.78, 5) is 28.6. The number of nitrogens with one attached hydrogen (secondary N) is 1. The number of aryl methyl sites for hydroxylation is 1. The van der Waals surface area contributed by atoms with Gasteiger partial charge in [0, 0.05) is 19.5 Å². The Morgan fingerprint density at radius 1 is 0.917 bits per heavy atom. The Hall–Kier alpha value is -3.67. The van der Waals surface area contributed by atoms with E-state index in [0.29, 0.717) is 18.7 Å². The monoisotopic (exact) mass is 490 g/mol. The van der Waals surface area contributed by atoms with Crippen LogP contribution < -0.4 is 10.1 Å². The summed E-state index contributed by atoms with van der Waals surface area (Å²) in [6.45, 7) is 8.42. The van der Waals surface area contributed by atoms with E-state index in [-0.39, 0.29) is 36.7 Å². The number of amides is 2. The number of nitrogens with zero attached hydrogens (tertiary/aromatic N) is 1. The summed E-state index contributed by atoms with van der Waals surface area (Å²) < 4.78 is 19.5. The smallest absolute Gasteiger partial charge is 0.261 e. The lowest BCUT2D eigenvalue weighted by molar-refractivity contribution is -0.142. The first-order valence-corrected chi connectivity index (χ1v) is 12.3. The number of rotatable bonds is 11. The number of benzene rings is 3. The Bertz CT molecular complexity index is 1150. The van der Waals surface area contributed by atoms with Crippen molar-refractivity contribution in [2.45, 2.75) is 46.7 Å². The van der Waals surface area contributed by atoms with Crippen LogP contribution in [0.2, 0.25) is 0 Å². The van der Waals surface area contributed by atoms with Gasteiger partial charge in [0.1, 0.15) is 17.6 Å². The molecule has 0 bridgehead atoms. The van der Waals surface area contributed by atoms with Crippen molar-refractivity contribution >= 4 is 11.8 Å². The standard InChI is InChI=1S/C30H35FN2O3/c1-21(2)18-32-30(35)27(17-24-10-6-5-7-11-24)33(19-25-13-15-26(31)16-14-25)29(34)20-36-28-12-8-9-22(3)23(28)4/h5-16,21,27H,17-20H2,1-4H3,(H,32,35)/t27-/m1/s1. The summed E-state index contributed by atoms with van der Waals surface area (Å²) in [6, 6.07) is 20.5. The number of hydrogen-bond acceptors (Lipinski definition) is 3. The van der Waals surface area contributed by atoms with E-state index in [9.17, 15) is 14.0 Å². The second-order valence-corrected chi connectivity index (χ2v) is 9.48. The highest BCUT2D eigenvalue weighted by Crippen LogP contribution is 2.21. The second kappa shape index (κ2) is 12.9. The number of halogens is 1. The zero-order chi connectivity index (χ0) is 26.1. The van der Waals surface area contributed by atoms with Crippen LogP contribution in [-0.4, -0.2) is 35.9 Å². The zero-order valence-corrected chi connectivity index (χ0v) is 21.5. The Labute approximate surface area is 213 Å². The van der Waals surface area contributed by atoms with Crippen LogP contribution in [0.15, 0.2) is 72.8 Å². The van der Waals surface area contributed by atoms with Gasteiger partial charge in [-0.05, 0) is 60.2 Å². The molecule has 0 spiro atoms. The van der Waals surface area contributed by atoms with Gasteiger partial charge in [-0.1, -0.05) is 68.4 Å². The molecule has 2 amide bonds. The quantitative estimate of drug-likeness (QED) is 0.400. The molecule has 1 N–H and O–H groups in total. The molecule has 190 valence electrons. The van der Waals surface area contributed by atoms with Gasteiger partial charge in [-0.15, -0.1) is 0 Å². The minimum Gasteiger partial charge on any atom is -0.483 e. The molecule has 6 heteroatoms. The van der Waals surface area contributed by atoms with E-state index in [1.807, 2.05) is 76.2 Å². The molecule has 0 fully saturated rings. The molecule has 0 aliphatic rings. The van der Waals surface area contributed by atoms with Crippen molar-refractivity contribution < 1.29 is 18.7 Å². The molecule has 0 saturated heterocycles. The highest BCUT2D eigenvalue weighted by Gasteiger charge is 2.30. The van der Waals surface area contributed by atoms with E-state index in [1.54, 1.807) is 17.0 Å². The van der Waals surface area contributed by atoms with Gasteiger partial charge in [0.05, 0.1) is 0 Å². The van der Waals surface area contributed by atoms with Crippen molar-refractivity contribution in [1.29, 1.82) is 0 Å². The van der Waals surface area contributed by atoms with Gasteiger partial charge in [0.15, 0.2) is 6.61 Å². The fourth-order valence-electron chi connectivity index (χ4n) is 3.87. The molecule has 3 rings (SSSR count). The Balaban J connectivity index is 1.91. The van der Waals surface area contributed by atoms with E-state index in [4.69, 9.17) is 4.74 Å². The average Bonchev–Trinajstić information content (AvgIpc) is 2.87. The lowest BCUT2D eigenvalue weighted by atomic mass is 10.0. The van der Waals surface area contributed by atoms with Crippen LogP contribution in [-0.2, 0) is 22.6 Å². The molecular formula is C30H35FN2O3. The van der Waals surface area contributed by atoms with Crippen molar-refractivity contribution in [3.63, 3.8) is 0 Å². The lowest BCUT2D eigenvalue weighted by Gasteiger charge is -2.32. The largest absolute Gasteiger partial charge is 0.483 e. The first-order chi connectivity index (χ1) is 17.2. The number of ether oxygens (including phenoxy) is 1. The molecule has 3 aromatic rings. The van der Waals surface area contributed by atoms with Gasteiger partial charge in [0.2, 0.25) is 5.91 Å². The van der Waals surface area contributed by atoms with Gasteiger partial charge in [-0.25, -0.2) is 4.39 Å². The summed E-state index contributed by atoms with van der Waals surface area (Å²) >= 11 is 0. The third kappa shape index (κ3) is 7.67. The van der Waals surface area contributed by atoms with Crippen molar-refractivity contribution in [2.24, 2.45) is 5.92 Å². The van der Waals surface area contributed by atoms with E-state index >= 15 is 0 Å². The molecule has 1 atom stereocenters. The Kier molecular flexibility index (Phi) is 9.62. The SMILES string of the molecule is Cc1cccc(OCC(=O)N(Cc2ccc(F)cc2)[C@H](Cc2ccccc2)C(=O)NCC(C)C)c1C. The third-order valence-electron chi connectivity index (χ3n) is 6.13. The minimum absolute atomic E-state index is 0.155. The molecule has 0 saturated carbocycles. The van der Waals surface area contributed by atoms with Crippen molar-refractivity contribution in [3.8, 4) is 5.75 Å². The number of carbonyl (C=O) groups excluding carboxylic acids is 2. The van der Waals surface area contributed by atoms with Crippen LogP contribution in [0.1, 0.15) is 36.1 Å². The predicted octanol–water partition coefficient (Wildman–Crippen LogP) is 5.23. The van der Waals surface area contributed by atoms with E-state index in [0.717, 1.165) is 22.3 Å². The van der Waals surface area contributed by atoms with Crippen LogP contribution in [0.5, 0.6) is 5.75 Å². The zero-order valence-electron chi connectivity index (χ0n) is 21.5. The Morgan fingerprint density at radius 2 is 1.61 bits per heavy atom. The van der Waals surface area contributed by atoms with Crippen molar-refractivity contribution in [3.05, 3.63) is 101 Å². The molecule has 5 nitrogen and oxygen atoms in total. The van der Waals surface area contributed by atoms with Crippen molar-refractivity contribution in [1.82, 2.24) is 10.2 Å². The molecule has 3 aromatic carbocycles. The molecule has 0 unspecified atom stereocenters. The maximum absolute atomic E-state index is 13.6. The van der Waals surface area contributed by atoms with Crippen LogP contribution in [0.4, 0.5) is 4.39 Å². The van der Waals surface area contributed by atoms with Gasteiger partial charge >= 0.3 is 0 Å². The first kappa shape index (κ1) is 26.9. The Morgan fingerprint density at radius 3 is 2.28 bits per heavy atom. The molecule has 0 aliphatic carbocycles. The summed E-state index contributed by atoms with van der Waals surface area (Å²) in [7, 11) is 0. The van der Waals surface area contributed by atoms with E-state index in [2.05, 4.69) is 5.32 Å². The van der Waals surface area contributed by atoms with E-state index in [1.165, 1.54) is 12.1 Å². The third-order valence-corrected chi connectivity index (χ3v) is 6.13. The molecule has 36 heavy (non-hydrogen) atoms. The van der Waals surface area contributed by atoms with Gasteiger partial charge in [-0.2, -0.15) is 0 Å². The van der Waals surface area contributed by atoms with Crippen LogP contribution in [0.3, 0.4) is 0 Å². The molecule has 0 aliphatic heterocycles. The topological polar surface area (TPSA) is 58.6 Å². The summed E-state index contributed by atoms with van der Waals surface area (Å²) in [5.74, 6) is -0.00448. The molecular weight excluding hydrogens is 455 g/mol. The number of carbonyl (C=O) groups is 2. The van der Waals surface area contributed by atoms with Gasteiger partial charge < -0.3 is 15.0 Å². The normalized spacial score (nSPS) is 11.7. The maximum Gasteiger partial charge on any atom is 0.261 e. The fourth-order valence-corrected chi connectivity index (χ4v) is 3.87. The fraction of sp³-hybridized carbons (Fsp3) is 0.333. The van der Waals surface area contributed by atoms with Crippen LogP contribution in [0.25, 0.3) is 0 Å². The lowest BCUT2D eigenvalue weighted by Crippen LogP contribution is -2.52. The summed E-state index contributed by atoms with van der Waals surface area (Å²) in [5.41, 5.74) is 3.70. The van der Waals surface area contributed by atoms with Crippen LogP contribution >= 0.6 is 0 Å². The molecule has 0 aromatic heterocycles. The van der Waals surface area contributed by atoms with Gasteiger partial charge in [-0.3, -0.25) is 9.59 Å². The second-order valence-electron chi connectivity index (χ2n) is 9.48. The van der Waals surface area contributed by atoms with E-state index < -0.39 is 6.04 Å². The van der Waals surface area contributed by atoms with Crippen LogP contribution in [0, 0.1) is 25.6 Å². The minimum atomic E-state index is -0.758. The maximum atomic E-state index is 13.6. The summed E-state index contributed by atoms with van der Waals surface area (Å²) in [6.07, 6.45) is 0.348.